The number of nitriles is 1. The molecule has 1 unspecified atom stereocenters. The lowest BCUT2D eigenvalue weighted by molar-refractivity contribution is -0.0770. The minimum atomic E-state index is 0.0257. The number of nitrogens with one attached hydrogen (secondary N) is 1. The third-order valence-electron chi connectivity index (χ3n) is 5.65. The Morgan fingerprint density at radius 1 is 1.21 bits per heavy atom. The molecule has 0 bridgehead atoms. The van der Waals surface area contributed by atoms with Crippen molar-refractivity contribution in [3.8, 4) is 6.07 Å². The summed E-state index contributed by atoms with van der Waals surface area (Å²) >= 11 is 0. The molecule has 1 N–H and O–H groups in total. The summed E-state index contributed by atoms with van der Waals surface area (Å²) in [4.78, 5) is 17.8. The lowest BCUT2D eigenvalue weighted by Crippen LogP contribution is -2.61. The summed E-state index contributed by atoms with van der Waals surface area (Å²) in [7, 11) is 0. The second kappa shape index (κ2) is 5.83. The van der Waals surface area contributed by atoms with E-state index in [9.17, 15) is 4.79 Å². The number of carbonyl (C=O) groups is 1. The van der Waals surface area contributed by atoms with Gasteiger partial charge in [-0.1, -0.05) is 49.6 Å². The molecule has 4 rings (SSSR count). The number of H-pyrrole nitrogens is 1. The van der Waals surface area contributed by atoms with Gasteiger partial charge in [0.2, 0.25) is 0 Å². The summed E-state index contributed by atoms with van der Waals surface area (Å²) in [6, 6.07) is 14.3. The average molecular weight is 319 g/mol. The van der Waals surface area contributed by atoms with Gasteiger partial charge in [0.15, 0.2) is 0 Å². The molecule has 1 aliphatic carbocycles. The molecule has 2 fully saturated rings. The van der Waals surface area contributed by atoms with Crippen molar-refractivity contribution in [2.75, 3.05) is 6.54 Å². The van der Waals surface area contributed by atoms with Crippen molar-refractivity contribution in [3.05, 3.63) is 59.4 Å². The van der Waals surface area contributed by atoms with E-state index in [1.54, 1.807) is 12.3 Å². The number of amides is 1. The van der Waals surface area contributed by atoms with Crippen LogP contribution in [0.4, 0.5) is 0 Å². The Morgan fingerprint density at radius 2 is 1.96 bits per heavy atom. The third-order valence-corrected chi connectivity index (χ3v) is 5.65. The van der Waals surface area contributed by atoms with Gasteiger partial charge in [-0.25, -0.2) is 0 Å². The van der Waals surface area contributed by atoms with Crippen LogP contribution < -0.4 is 0 Å². The monoisotopic (exact) mass is 319 g/mol. The second-order valence-electron chi connectivity index (χ2n) is 7.08. The average Bonchev–Trinajstić information content (AvgIpc) is 3.10. The predicted molar refractivity (Wildman–Crippen MR) is 91.2 cm³/mol. The van der Waals surface area contributed by atoms with Crippen LogP contribution in [0.3, 0.4) is 0 Å². The molecule has 1 saturated carbocycles. The molecule has 1 aromatic carbocycles. The zero-order valence-corrected chi connectivity index (χ0v) is 13.7. The summed E-state index contributed by atoms with van der Waals surface area (Å²) in [5, 5.41) is 8.97. The number of rotatable bonds is 2. The quantitative estimate of drug-likeness (QED) is 0.908. The van der Waals surface area contributed by atoms with Gasteiger partial charge in [0.25, 0.3) is 5.91 Å². The van der Waals surface area contributed by atoms with Crippen molar-refractivity contribution < 1.29 is 4.79 Å². The number of aromatic amines is 1. The first-order valence-corrected chi connectivity index (χ1v) is 8.68. The van der Waals surface area contributed by atoms with Gasteiger partial charge in [0.05, 0.1) is 11.6 Å². The summed E-state index contributed by atoms with van der Waals surface area (Å²) in [6.45, 7) is 0.832. The maximum absolute atomic E-state index is 13.0. The maximum atomic E-state index is 13.0. The minimum absolute atomic E-state index is 0.0257. The Morgan fingerprint density at radius 3 is 2.62 bits per heavy atom. The van der Waals surface area contributed by atoms with Crippen LogP contribution in [-0.2, 0) is 0 Å². The van der Waals surface area contributed by atoms with E-state index in [0.717, 1.165) is 6.54 Å². The van der Waals surface area contributed by atoms with Crippen molar-refractivity contribution in [2.45, 2.75) is 38.1 Å². The van der Waals surface area contributed by atoms with Crippen molar-refractivity contribution in [1.29, 1.82) is 5.26 Å². The molecule has 2 heterocycles. The fraction of sp³-hybridized carbons (Fsp3) is 0.400. The molecule has 24 heavy (non-hydrogen) atoms. The Hall–Kier alpha value is -2.54. The van der Waals surface area contributed by atoms with Crippen LogP contribution in [0.25, 0.3) is 0 Å². The molecule has 2 aliphatic rings. The van der Waals surface area contributed by atoms with Gasteiger partial charge < -0.3 is 9.88 Å². The maximum Gasteiger partial charge on any atom is 0.255 e. The van der Waals surface area contributed by atoms with Gasteiger partial charge in [0, 0.05) is 18.2 Å². The van der Waals surface area contributed by atoms with Crippen molar-refractivity contribution in [3.63, 3.8) is 0 Å². The molecule has 1 amide bonds. The molecule has 4 heteroatoms. The van der Waals surface area contributed by atoms with E-state index in [1.165, 1.54) is 37.7 Å². The normalized spacial score (nSPS) is 22.0. The van der Waals surface area contributed by atoms with Crippen LogP contribution in [0.1, 0.15) is 59.8 Å². The summed E-state index contributed by atoms with van der Waals surface area (Å²) in [5.41, 5.74) is 2.49. The predicted octanol–water partition coefficient (Wildman–Crippen LogP) is 4.03. The fourth-order valence-corrected chi connectivity index (χ4v) is 4.53. The first-order valence-electron chi connectivity index (χ1n) is 8.68. The molecule has 1 atom stereocenters. The van der Waals surface area contributed by atoms with Crippen molar-refractivity contribution in [1.82, 2.24) is 9.88 Å². The Kier molecular flexibility index (Phi) is 3.65. The van der Waals surface area contributed by atoms with Crippen LogP contribution in [-0.4, -0.2) is 22.3 Å². The number of benzene rings is 1. The molecule has 0 radical (unpaired) electrons. The van der Waals surface area contributed by atoms with Crippen LogP contribution in [0, 0.1) is 16.7 Å². The topological polar surface area (TPSA) is 59.9 Å². The summed E-state index contributed by atoms with van der Waals surface area (Å²) in [5.74, 6) is 0.0257. The molecule has 1 spiro atoms. The van der Waals surface area contributed by atoms with E-state index >= 15 is 0 Å². The number of likely N-dealkylation sites (tertiary alicyclic amines) is 1. The number of hydrogen-bond acceptors (Lipinski definition) is 2. The highest BCUT2D eigenvalue weighted by Gasteiger charge is 2.54. The smallest absolute Gasteiger partial charge is 0.255 e. The lowest BCUT2D eigenvalue weighted by atomic mass is 9.61. The Labute approximate surface area is 142 Å². The largest absolute Gasteiger partial charge is 0.352 e. The zero-order chi connectivity index (χ0) is 16.6. The molecule has 122 valence electrons. The lowest BCUT2D eigenvalue weighted by Gasteiger charge is -2.59. The highest BCUT2D eigenvalue weighted by atomic mass is 16.2. The van der Waals surface area contributed by atoms with Gasteiger partial charge in [-0.3, -0.25) is 4.79 Å². The highest BCUT2D eigenvalue weighted by Crippen LogP contribution is 2.57. The van der Waals surface area contributed by atoms with Gasteiger partial charge in [-0.15, -0.1) is 0 Å². The minimum Gasteiger partial charge on any atom is -0.352 e. The van der Waals surface area contributed by atoms with Gasteiger partial charge in [0.1, 0.15) is 11.8 Å². The number of aromatic nitrogens is 1. The second-order valence-corrected chi connectivity index (χ2v) is 7.08. The zero-order valence-electron chi connectivity index (χ0n) is 13.7. The Balaban J connectivity index is 1.65. The molecular weight excluding hydrogens is 298 g/mol. The van der Waals surface area contributed by atoms with E-state index in [0.29, 0.717) is 11.3 Å². The molecule has 2 aromatic rings. The van der Waals surface area contributed by atoms with Gasteiger partial charge >= 0.3 is 0 Å². The standard InChI is InChI=1S/C20H21N3O/c21-12-17-11-16(13-22-17)19(24)23-14-20(9-5-2-6-10-20)18(23)15-7-3-1-4-8-15/h1,3-4,7-8,11,13,18,22H,2,5-6,9-10,14H2. The van der Waals surface area contributed by atoms with Crippen LogP contribution in [0.2, 0.25) is 0 Å². The van der Waals surface area contributed by atoms with E-state index in [1.807, 2.05) is 11.0 Å². The number of nitrogens with zero attached hydrogens (tertiary/aromatic N) is 2. The van der Waals surface area contributed by atoms with E-state index in [4.69, 9.17) is 5.26 Å². The third kappa shape index (κ3) is 2.32. The molecular formula is C20H21N3O. The first kappa shape index (κ1) is 15.0. The van der Waals surface area contributed by atoms with Crippen LogP contribution in [0.5, 0.6) is 0 Å². The Bertz CT molecular complexity index is 781. The molecule has 1 aromatic heterocycles. The van der Waals surface area contributed by atoms with E-state index in [-0.39, 0.29) is 17.4 Å². The van der Waals surface area contributed by atoms with Gasteiger partial charge in [-0.05, 0) is 24.5 Å². The number of carbonyl (C=O) groups excluding carboxylic acids is 1. The molecule has 4 nitrogen and oxygen atoms in total. The first-order chi connectivity index (χ1) is 11.7. The van der Waals surface area contributed by atoms with Crippen molar-refractivity contribution in [2.24, 2.45) is 5.41 Å². The summed E-state index contributed by atoms with van der Waals surface area (Å²) in [6.07, 6.45) is 7.87. The fourth-order valence-electron chi connectivity index (χ4n) is 4.53. The SMILES string of the molecule is N#Cc1cc(C(=O)N2CC3(CCCCC3)C2c2ccccc2)c[nH]1. The van der Waals surface area contributed by atoms with E-state index < -0.39 is 0 Å². The molecule has 1 saturated heterocycles. The van der Waals surface area contributed by atoms with Crippen LogP contribution >= 0.6 is 0 Å². The number of hydrogen-bond donors (Lipinski definition) is 1. The van der Waals surface area contributed by atoms with Gasteiger partial charge in [-0.2, -0.15) is 5.26 Å². The van der Waals surface area contributed by atoms with Crippen molar-refractivity contribution >= 4 is 5.91 Å². The van der Waals surface area contributed by atoms with E-state index in [2.05, 4.69) is 35.3 Å². The summed E-state index contributed by atoms with van der Waals surface area (Å²) < 4.78 is 0. The molecule has 1 aliphatic heterocycles. The highest BCUT2D eigenvalue weighted by molar-refractivity contribution is 5.95. The van der Waals surface area contributed by atoms with Crippen LogP contribution in [0.15, 0.2) is 42.6 Å².